The van der Waals surface area contributed by atoms with Crippen LogP contribution in [-0.2, 0) is 30.4 Å². The van der Waals surface area contributed by atoms with E-state index in [1.54, 1.807) is 45.4 Å². The summed E-state index contributed by atoms with van der Waals surface area (Å²) in [5, 5.41) is 21.2. The van der Waals surface area contributed by atoms with Gasteiger partial charge in [0.2, 0.25) is 29.5 Å². The maximum Gasteiger partial charge on any atom is 0.245 e. The maximum atomic E-state index is 13.9. The Hall–Kier alpha value is -3.67. The summed E-state index contributed by atoms with van der Waals surface area (Å²) in [6.45, 7) is 18.8. The Balaban J connectivity index is 3.15. The molecule has 0 saturated carbocycles. The number of hydrogen-bond donors (Lipinski definition) is 5. The number of nitrogens with one attached hydrogen (secondary N) is 4. The second-order valence-corrected chi connectivity index (χ2v) is 14.5. The van der Waals surface area contributed by atoms with Gasteiger partial charge in [-0.1, -0.05) is 81.4 Å². The Morgan fingerprint density at radius 1 is 0.604 bits per heavy atom. The number of nitrogens with zero attached hydrogens (tertiary/aromatic N) is 2. The molecule has 1 rings (SSSR count). The molecule has 0 aliphatic rings. The van der Waals surface area contributed by atoms with Crippen LogP contribution in [0.3, 0.4) is 0 Å². The summed E-state index contributed by atoms with van der Waals surface area (Å²) in [5.41, 5.74) is 0.948. The molecule has 0 radical (unpaired) electrons. The first-order valence-electron chi connectivity index (χ1n) is 17.1. The molecule has 0 heterocycles. The number of amides is 5. The van der Waals surface area contributed by atoms with Gasteiger partial charge in [-0.15, -0.1) is 0 Å². The number of phenolic OH excluding ortho intramolecular Hbond substituents is 1. The molecule has 12 heteroatoms. The average Bonchev–Trinajstić information content (AvgIpc) is 2.98. The highest BCUT2D eigenvalue weighted by Crippen LogP contribution is 2.18. The monoisotopic (exact) mass is 674 g/mol. The van der Waals surface area contributed by atoms with Crippen molar-refractivity contribution in [3.05, 3.63) is 29.8 Å². The summed E-state index contributed by atoms with van der Waals surface area (Å²) < 4.78 is 0. The molecule has 5 N–H and O–H groups in total. The van der Waals surface area contributed by atoms with Crippen molar-refractivity contribution in [2.45, 2.75) is 106 Å². The SMILES string of the molecule is CN[C@H](C(=O)N[C@H](C(=O)N(C)[C@H](C(=O)N[C@H](C(=O)N(C)[C@H](C(=O)NCCc1ccc(O)cc1)C(C)C)C(C)C)C(C)C)C(C)C)C(C)C. The largest absolute Gasteiger partial charge is 0.508 e. The van der Waals surface area contributed by atoms with E-state index in [1.807, 2.05) is 69.2 Å². The minimum absolute atomic E-state index is 0.000318. The van der Waals surface area contributed by atoms with Crippen molar-refractivity contribution in [1.82, 2.24) is 31.1 Å². The smallest absolute Gasteiger partial charge is 0.245 e. The molecule has 0 spiro atoms. The van der Waals surface area contributed by atoms with E-state index in [0.717, 1.165) is 5.56 Å². The number of hydrogen-bond acceptors (Lipinski definition) is 7. The maximum absolute atomic E-state index is 13.9. The van der Waals surface area contributed by atoms with Crippen LogP contribution in [0.2, 0.25) is 0 Å². The van der Waals surface area contributed by atoms with Crippen molar-refractivity contribution in [2.75, 3.05) is 27.7 Å². The van der Waals surface area contributed by atoms with Gasteiger partial charge >= 0.3 is 0 Å². The standard InChI is InChI=1S/C36H62N6O6/c1-20(2)27(37-11)32(44)39-28(21(3)4)35(47)42(13)31(24(9)10)34(46)40-29(22(5)6)36(48)41(12)30(23(7)8)33(45)38-19-18-25-14-16-26(43)17-15-25/h14-17,20-24,27-31,37,43H,18-19H2,1-13H3,(H,38,45)(H,39,44)(H,40,46)/t27-,28-,29-,30-,31-/m0/s1. The Morgan fingerprint density at radius 2 is 1.00 bits per heavy atom. The van der Waals surface area contributed by atoms with Crippen LogP contribution in [0.15, 0.2) is 24.3 Å². The van der Waals surface area contributed by atoms with Crippen molar-refractivity contribution < 1.29 is 29.1 Å². The van der Waals surface area contributed by atoms with E-state index >= 15 is 0 Å². The molecule has 1 aromatic carbocycles. The number of carbonyl (C=O) groups is 5. The van der Waals surface area contributed by atoms with Gasteiger partial charge in [-0.2, -0.15) is 0 Å². The quantitative estimate of drug-likeness (QED) is 0.160. The first-order chi connectivity index (χ1) is 22.3. The molecule has 0 aromatic heterocycles. The lowest BCUT2D eigenvalue weighted by Gasteiger charge is -2.37. The molecule has 0 bridgehead atoms. The third kappa shape index (κ3) is 11.8. The summed E-state index contributed by atoms with van der Waals surface area (Å²) in [4.78, 5) is 70.8. The molecule has 5 atom stereocenters. The number of likely N-dealkylation sites (N-methyl/N-ethyl adjacent to an activating group) is 3. The van der Waals surface area contributed by atoms with Crippen LogP contribution in [0, 0.1) is 29.6 Å². The summed E-state index contributed by atoms with van der Waals surface area (Å²) in [7, 11) is 4.80. The summed E-state index contributed by atoms with van der Waals surface area (Å²) in [6.07, 6.45) is 0.553. The van der Waals surface area contributed by atoms with E-state index in [2.05, 4.69) is 21.3 Å². The van der Waals surface area contributed by atoms with Gasteiger partial charge in [0.25, 0.3) is 0 Å². The van der Waals surface area contributed by atoms with E-state index in [0.29, 0.717) is 13.0 Å². The molecular weight excluding hydrogens is 612 g/mol. The van der Waals surface area contributed by atoms with Crippen molar-refractivity contribution in [3.63, 3.8) is 0 Å². The molecule has 1 aromatic rings. The fourth-order valence-corrected chi connectivity index (χ4v) is 5.94. The van der Waals surface area contributed by atoms with E-state index in [9.17, 15) is 29.1 Å². The molecule has 0 fully saturated rings. The Morgan fingerprint density at radius 3 is 1.38 bits per heavy atom. The lowest BCUT2D eigenvalue weighted by atomic mass is 9.95. The molecule has 0 saturated heterocycles. The number of carbonyl (C=O) groups excluding carboxylic acids is 5. The van der Waals surface area contributed by atoms with Gasteiger partial charge in [0.15, 0.2) is 0 Å². The summed E-state index contributed by atoms with van der Waals surface area (Å²) in [6, 6.07) is 2.73. The van der Waals surface area contributed by atoms with E-state index < -0.39 is 47.9 Å². The molecule has 272 valence electrons. The predicted molar refractivity (Wildman–Crippen MR) is 189 cm³/mol. The van der Waals surface area contributed by atoms with Crippen molar-refractivity contribution in [1.29, 1.82) is 0 Å². The number of benzene rings is 1. The normalized spacial score (nSPS) is 14.8. The Kier molecular flexibility index (Phi) is 17.1. The van der Waals surface area contributed by atoms with Crippen molar-refractivity contribution in [2.24, 2.45) is 29.6 Å². The van der Waals surface area contributed by atoms with Gasteiger partial charge in [0.05, 0.1) is 6.04 Å². The van der Waals surface area contributed by atoms with Gasteiger partial charge < -0.3 is 36.2 Å². The van der Waals surface area contributed by atoms with E-state index in [1.165, 1.54) is 9.80 Å². The first-order valence-corrected chi connectivity index (χ1v) is 17.1. The zero-order valence-corrected chi connectivity index (χ0v) is 31.4. The van der Waals surface area contributed by atoms with Crippen LogP contribution in [-0.4, -0.2) is 102 Å². The molecule has 0 aliphatic carbocycles. The van der Waals surface area contributed by atoms with Gasteiger partial charge in [-0.3, -0.25) is 24.0 Å². The second-order valence-electron chi connectivity index (χ2n) is 14.5. The molecular formula is C36H62N6O6. The zero-order chi connectivity index (χ0) is 37.0. The predicted octanol–water partition coefficient (Wildman–Crippen LogP) is 2.54. The number of rotatable bonds is 18. The lowest BCUT2D eigenvalue weighted by molar-refractivity contribution is -0.147. The number of phenols is 1. The zero-order valence-electron chi connectivity index (χ0n) is 31.4. The van der Waals surface area contributed by atoms with Crippen LogP contribution in [0.1, 0.15) is 74.8 Å². The van der Waals surface area contributed by atoms with Gasteiger partial charge in [-0.25, -0.2) is 0 Å². The Labute approximate surface area is 288 Å². The average molecular weight is 675 g/mol. The number of aromatic hydroxyl groups is 1. The minimum atomic E-state index is -0.957. The van der Waals surface area contributed by atoms with Gasteiger partial charge in [0.1, 0.15) is 29.9 Å². The van der Waals surface area contributed by atoms with Crippen LogP contribution in [0.4, 0.5) is 0 Å². The van der Waals surface area contributed by atoms with E-state index in [4.69, 9.17) is 0 Å². The van der Waals surface area contributed by atoms with Crippen molar-refractivity contribution >= 4 is 29.5 Å². The van der Waals surface area contributed by atoms with Crippen LogP contribution < -0.4 is 21.3 Å². The summed E-state index contributed by atoms with van der Waals surface area (Å²) >= 11 is 0. The molecule has 12 nitrogen and oxygen atoms in total. The molecule has 0 aliphatic heterocycles. The lowest BCUT2D eigenvalue weighted by Crippen LogP contribution is -2.62. The highest BCUT2D eigenvalue weighted by molar-refractivity contribution is 5.96. The van der Waals surface area contributed by atoms with Crippen LogP contribution >= 0.6 is 0 Å². The molecule has 5 amide bonds. The Bertz CT molecular complexity index is 1220. The van der Waals surface area contributed by atoms with Crippen LogP contribution in [0.25, 0.3) is 0 Å². The van der Waals surface area contributed by atoms with Gasteiger partial charge in [-0.05, 0) is 60.8 Å². The van der Waals surface area contributed by atoms with E-state index in [-0.39, 0.29) is 47.2 Å². The molecule has 48 heavy (non-hydrogen) atoms. The third-order valence-corrected chi connectivity index (χ3v) is 8.70. The van der Waals surface area contributed by atoms with Gasteiger partial charge in [0, 0.05) is 20.6 Å². The third-order valence-electron chi connectivity index (χ3n) is 8.70. The fraction of sp³-hybridized carbons (Fsp3) is 0.694. The summed E-state index contributed by atoms with van der Waals surface area (Å²) in [5.74, 6) is -2.85. The van der Waals surface area contributed by atoms with Crippen molar-refractivity contribution in [3.8, 4) is 5.75 Å². The highest BCUT2D eigenvalue weighted by atomic mass is 16.3. The molecule has 0 unspecified atom stereocenters. The fourth-order valence-electron chi connectivity index (χ4n) is 5.94. The first kappa shape index (κ1) is 42.4. The van der Waals surface area contributed by atoms with Crippen LogP contribution in [0.5, 0.6) is 5.75 Å². The minimum Gasteiger partial charge on any atom is -0.508 e. The second kappa shape index (κ2) is 19.4. The topological polar surface area (TPSA) is 160 Å². The highest BCUT2D eigenvalue weighted by Gasteiger charge is 2.40.